The zero-order valence-corrected chi connectivity index (χ0v) is 15.3. The average Bonchev–Trinajstić information content (AvgIpc) is 2.57. The summed E-state index contributed by atoms with van der Waals surface area (Å²) in [5, 5.41) is 0. The van der Waals surface area contributed by atoms with E-state index in [-0.39, 0.29) is 4.90 Å². The molecule has 1 heterocycles. The molecule has 0 aliphatic rings. The molecule has 0 saturated carbocycles. The van der Waals surface area contributed by atoms with Crippen molar-refractivity contribution in [3.63, 3.8) is 0 Å². The zero-order valence-electron chi connectivity index (χ0n) is 14.4. The van der Waals surface area contributed by atoms with E-state index in [0.29, 0.717) is 5.82 Å². The van der Waals surface area contributed by atoms with Gasteiger partial charge in [-0.1, -0.05) is 36.4 Å². The first-order valence-corrected chi connectivity index (χ1v) is 9.48. The molecule has 3 rings (SSSR count). The van der Waals surface area contributed by atoms with Crippen molar-refractivity contribution in [1.82, 2.24) is 4.98 Å². The minimum absolute atomic E-state index is 0.214. The molecule has 0 bridgehead atoms. The van der Waals surface area contributed by atoms with Crippen LogP contribution in [0.5, 0.6) is 0 Å². The van der Waals surface area contributed by atoms with Gasteiger partial charge in [-0.25, -0.2) is 13.4 Å². The van der Waals surface area contributed by atoms with E-state index in [2.05, 4.69) is 9.71 Å². The van der Waals surface area contributed by atoms with E-state index >= 15 is 0 Å². The van der Waals surface area contributed by atoms with Gasteiger partial charge in [0, 0.05) is 5.56 Å². The molecule has 25 heavy (non-hydrogen) atoms. The summed E-state index contributed by atoms with van der Waals surface area (Å²) < 4.78 is 27.6. The maximum absolute atomic E-state index is 12.5. The Morgan fingerprint density at radius 2 is 1.60 bits per heavy atom. The summed E-state index contributed by atoms with van der Waals surface area (Å²) in [6, 6.07) is 18.0. The van der Waals surface area contributed by atoms with Gasteiger partial charge in [-0.2, -0.15) is 0 Å². The predicted molar refractivity (Wildman–Crippen MR) is 101 cm³/mol. The van der Waals surface area contributed by atoms with Crippen molar-refractivity contribution in [2.75, 3.05) is 4.72 Å². The topological polar surface area (TPSA) is 59.1 Å². The van der Waals surface area contributed by atoms with Crippen LogP contribution in [-0.2, 0) is 10.0 Å². The van der Waals surface area contributed by atoms with Crippen LogP contribution in [-0.4, -0.2) is 13.4 Å². The Hall–Kier alpha value is -2.66. The van der Waals surface area contributed by atoms with Crippen molar-refractivity contribution in [2.45, 2.75) is 25.7 Å². The van der Waals surface area contributed by atoms with Crippen molar-refractivity contribution < 1.29 is 8.42 Å². The van der Waals surface area contributed by atoms with Crippen LogP contribution in [0.4, 0.5) is 5.82 Å². The fourth-order valence-electron chi connectivity index (χ4n) is 2.68. The van der Waals surface area contributed by atoms with Crippen LogP contribution in [0.3, 0.4) is 0 Å². The van der Waals surface area contributed by atoms with Crippen LogP contribution < -0.4 is 4.72 Å². The fraction of sp³-hybridized carbons (Fsp3) is 0.150. The van der Waals surface area contributed by atoms with Crippen molar-refractivity contribution in [2.24, 2.45) is 0 Å². The molecule has 0 saturated heterocycles. The third-order valence-corrected chi connectivity index (χ3v) is 5.51. The smallest absolute Gasteiger partial charge is 0.263 e. The highest BCUT2D eigenvalue weighted by Gasteiger charge is 2.15. The van der Waals surface area contributed by atoms with Crippen molar-refractivity contribution in [3.8, 4) is 11.3 Å². The molecule has 0 fully saturated rings. The maximum Gasteiger partial charge on any atom is 0.263 e. The van der Waals surface area contributed by atoms with Gasteiger partial charge in [0.2, 0.25) is 0 Å². The molecule has 2 aromatic carbocycles. The summed E-state index contributed by atoms with van der Waals surface area (Å²) >= 11 is 0. The lowest BCUT2D eigenvalue weighted by Crippen LogP contribution is -2.14. The Labute approximate surface area is 148 Å². The molecule has 0 unspecified atom stereocenters. The summed E-state index contributed by atoms with van der Waals surface area (Å²) in [5.74, 6) is 0.319. The Bertz CT molecular complexity index is 1010. The number of benzene rings is 2. The van der Waals surface area contributed by atoms with Crippen molar-refractivity contribution in [3.05, 3.63) is 77.4 Å². The van der Waals surface area contributed by atoms with E-state index in [1.807, 2.05) is 45.0 Å². The molecular formula is C20H20N2O2S. The van der Waals surface area contributed by atoms with E-state index < -0.39 is 10.0 Å². The Morgan fingerprint density at radius 1 is 0.880 bits per heavy atom. The maximum atomic E-state index is 12.5. The van der Waals surface area contributed by atoms with Crippen molar-refractivity contribution in [1.29, 1.82) is 0 Å². The molecule has 0 radical (unpaired) electrons. The number of aryl methyl sites for hydroxylation is 2. The molecule has 0 atom stereocenters. The second kappa shape index (κ2) is 6.69. The van der Waals surface area contributed by atoms with Crippen LogP contribution in [0.1, 0.15) is 16.7 Å². The van der Waals surface area contributed by atoms with Crippen LogP contribution in [0.15, 0.2) is 65.6 Å². The SMILES string of the molecule is Cc1cc(NS(=O)(=O)c2ccccc2)nc(-c2cccc(C)c2C)c1. The fourth-order valence-corrected chi connectivity index (χ4v) is 3.70. The number of nitrogens with zero attached hydrogens (tertiary/aromatic N) is 1. The zero-order chi connectivity index (χ0) is 18.0. The summed E-state index contributed by atoms with van der Waals surface area (Å²) in [6.45, 7) is 6.02. The molecular weight excluding hydrogens is 332 g/mol. The highest BCUT2D eigenvalue weighted by molar-refractivity contribution is 7.92. The van der Waals surface area contributed by atoms with Gasteiger partial charge < -0.3 is 0 Å². The number of rotatable bonds is 4. The summed E-state index contributed by atoms with van der Waals surface area (Å²) in [4.78, 5) is 4.74. The highest BCUT2D eigenvalue weighted by atomic mass is 32.2. The normalized spacial score (nSPS) is 11.3. The lowest BCUT2D eigenvalue weighted by molar-refractivity contribution is 0.601. The number of nitrogens with one attached hydrogen (secondary N) is 1. The molecule has 0 aliphatic carbocycles. The largest absolute Gasteiger partial charge is 0.263 e. The van der Waals surface area contributed by atoms with E-state index in [4.69, 9.17) is 0 Å². The lowest BCUT2D eigenvalue weighted by atomic mass is 10.00. The highest BCUT2D eigenvalue weighted by Crippen LogP contribution is 2.27. The Morgan fingerprint density at radius 3 is 2.32 bits per heavy atom. The van der Waals surface area contributed by atoms with Gasteiger partial charge in [-0.15, -0.1) is 0 Å². The van der Waals surface area contributed by atoms with E-state index in [1.54, 1.807) is 36.4 Å². The second-order valence-electron chi connectivity index (χ2n) is 6.08. The predicted octanol–water partition coefficient (Wildman–Crippen LogP) is 4.47. The number of hydrogen-bond acceptors (Lipinski definition) is 3. The van der Waals surface area contributed by atoms with Gasteiger partial charge in [-0.05, 0) is 61.7 Å². The molecule has 1 N–H and O–H groups in total. The van der Waals surface area contributed by atoms with Gasteiger partial charge in [0.15, 0.2) is 0 Å². The number of pyridine rings is 1. The summed E-state index contributed by atoms with van der Waals surface area (Å²) in [7, 11) is -3.66. The number of anilines is 1. The molecule has 4 nitrogen and oxygen atoms in total. The number of aromatic nitrogens is 1. The van der Waals surface area contributed by atoms with Crippen LogP contribution in [0.2, 0.25) is 0 Å². The molecule has 0 amide bonds. The Kier molecular flexibility index (Phi) is 4.59. The van der Waals surface area contributed by atoms with Crippen LogP contribution in [0, 0.1) is 20.8 Å². The first-order valence-electron chi connectivity index (χ1n) is 8.00. The third kappa shape index (κ3) is 3.72. The number of sulfonamides is 1. The first kappa shape index (κ1) is 17.2. The molecule has 1 aromatic heterocycles. The van der Waals surface area contributed by atoms with Gasteiger partial charge in [-0.3, -0.25) is 4.72 Å². The van der Waals surface area contributed by atoms with E-state index in [9.17, 15) is 8.42 Å². The molecule has 0 spiro atoms. The molecule has 3 aromatic rings. The summed E-state index contributed by atoms with van der Waals surface area (Å²) in [5.41, 5.74) is 5.01. The minimum atomic E-state index is -3.66. The second-order valence-corrected chi connectivity index (χ2v) is 7.76. The third-order valence-electron chi connectivity index (χ3n) is 4.14. The van der Waals surface area contributed by atoms with Gasteiger partial charge in [0.25, 0.3) is 10.0 Å². The molecule has 0 aliphatic heterocycles. The Balaban J connectivity index is 2.02. The quantitative estimate of drug-likeness (QED) is 0.753. The average molecular weight is 352 g/mol. The number of hydrogen-bond donors (Lipinski definition) is 1. The van der Waals surface area contributed by atoms with E-state index in [0.717, 1.165) is 22.4 Å². The summed E-state index contributed by atoms with van der Waals surface area (Å²) in [6.07, 6.45) is 0. The monoisotopic (exact) mass is 352 g/mol. The van der Waals surface area contributed by atoms with Gasteiger partial charge in [0.05, 0.1) is 10.6 Å². The van der Waals surface area contributed by atoms with Gasteiger partial charge in [0.1, 0.15) is 5.82 Å². The van der Waals surface area contributed by atoms with Gasteiger partial charge >= 0.3 is 0 Å². The first-order chi connectivity index (χ1) is 11.9. The molecule has 5 heteroatoms. The standard InChI is InChI=1S/C20H20N2O2S/c1-14-12-19(18-11-7-8-15(2)16(18)3)21-20(13-14)22-25(23,24)17-9-5-4-6-10-17/h4-13H,1-3H3,(H,21,22). The van der Waals surface area contributed by atoms with Crippen molar-refractivity contribution >= 4 is 15.8 Å². The van der Waals surface area contributed by atoms with E-state index in [1.165, 1.54) is 5.56 Å². The minimum Gasteiger partial charge on any atom is -0.263 e. The van der Waals surface area contributed by atoms with Crippen LogP contribution in [0.25, 0.3) is 11.3 Å². The lowest BCUT2D eigenvalue weighted by Gasteiger charge is -2.12. The van der Waals surface area contributed by atoms with Crippen LogP contribution >= 0.6 is 0 Å². The molecule has 128 valence electrons.